The summed E-state index contributed by atoms with van der Waals surface area (Å²) < 4.78 is 2.12. The number of hydrogen-bond acceptors (Lipinski definition) is 3. The molecule has 5 heteroatoms. The molecule has 0 amide bonds. The molecule has 3 rings (SSSR count). The fraction of sp³-hybridized carbons (Fsp3) is 0. The fourth-order valence-electron chi connectivity index (χ4n) is 1.97. The number of aromatic amines is 1. The summed E-state index contributed by atoms with van der Waals surface area (Å²) in [4.78, 5) is 3.12. The van der Waals surface area contributed by atoms with Crippen LogP contribution in [-0.4, -0.2) is 21.0 Å². The Morgan fingerprint density at radius 2 is 1.90 bits per heavy atom. The molecule has 0 radical (unpaired) electrons. The van der Waals surface area contributed by atoms with E-state index in [0.29, 0.717) is 4.77 Å². The van der Waals surface area contributed by atoms with Crippen LogP contribution < -0.4 is 0 Å². The summed E-state index contributed by atoms with van der Waals surface area (Å²) in [7, 11) is 0. The highest BCUT2D eigenvalue weighted by molar-refractivity contribution is 7.71. The van der Waals surface area contributed by atoms with Gasteiger partial charge in [-0.2, -0.15) is 5.10 Å². The molecule has 0 saturated carbocycles. The topological polar surface area (TPSA) is 53.3 Å². The molecule has 21 heavy (non-hydrogen) atoms. The van der Waals surface area contributed by atoms with Crippen LogP contribution >= 0.6 is 12.2 Å². The zero-order chi connectivity index (χ0) is 14.7. The molecule has 1 heterocycles. The van der Waals surface area contributed by atoms with Gasteiger partial charge in [0.25, 0.3) is 0 Å². The lowest BCUT2D eigenvalue weighted by Gasteiger charge is -1.95. The van der Waals surface area contributed by atoms with Crippen molar-refractivity contribution in [2.75, 3.05) is 0 Å². The molecule has 0 fully saturated rings. The van der Waals surface area contributed by atoms with Crippen molar-refractivity contribution in [2.24, 2.45) is 5.10 Å². The maximum atomic E-state index is 9.42. The number of hydrogen-bond donors (Lipinski definition) is 2. The van der Waals surface area contributed by atoms with E-state index in [1.807, 2.05) is 42.6 Å². The Morgan fingerprint density at radius 1 is 1.10 bits per heavy atom. The summed E-state index contributed by atoms with van der Waals surface area (Å²) in [5, 5.41) is 13.7. The number of nitrogens with zero attached hydrogens (tertiary/aromatic N) is 2. The van der Waals surface area contributed by atoms with E-state index < -0.39 is 0 Å². The third kappa shape index (κ3) is 3.09. The van der Waals surface area contributed by atoms with Gasteiger partial charge >= 0.3 is 0 Å². The standard InChI is InChI=1S/C16H13N3OS/c20-14-8-4-5-12(9-14)10-17-19-11-15(18-16(19)21)13-6-2-1-3-7-13/h1-11,20H,(H,18,21). The Kier molecular flexibility index (Phi) is 3.66. The Labute approximate surface area is 127 Å². The number of phenols is 1. The van der Waals surface area contributed by atoms with Crippen LogP contribution in [0.5, 0.6) is 5.75 Å². The predicted octanol–water partition coefficient (Wildman–Crippen LogP) is 3.80. The van der Waals surface area contributed by atoms with Crippen LogP contribution in [0.15, 0.2) is 65.9 Å². The van der Waals surface area contributed by atoms with Crippen molar-refractivity contribution < 1.29 is 5.11 Å². The van der Waals surface area contributed by atoms with Gasteiger partial charge in [0.15, 0.2) is 4.77 Å². The molecular formula is C16H13N3OS. The average molecular weight is 295 g/mol. The SMILES string of the molecule is Oc1cccc(C=Nn2cc(-c3ccccc3)[nH]c2=S)c1. The normalized spacial score (nSPS) is 11.0. The van der Waals surface area contributed by atoms with Gasteiger partial charge in [-0.05, 0) is 35.5 Å². The zero-order valence-corrected chi connectivity index (χ0v) is 11.9. The fourth-order valence-corrected chi connectivity index (χ4v) is 2.18. The zero-order valence-electron chi connectivity index (χ0n) is 11.1. The van der Waals surface area contributed by atoms with Gasteiger partial charge in [-0.15, -0.1) is 0 Å². The number of aromatic nitrogens is 2. The molecule has 0 bridgehead atoms. The van der Waals surface area contributed by atoms with E-state index in [9.17, 15) is 5.11 Å². The van der Waals surface area contributed by atoms with Gasteiger partial charge < -0.3 is 10.1 Å². The van der Waals surface area contributed by atoms with Gasteiger partial charge in [-0.25, -0.2) is 4.68 Å². The summed E-state index contributed by atoms with van der Waals surface area (Å²) >= 11 is 5.26. The lowest BCUT2D eigenvalue weighted by molar-refractivity contribution is 0.475. The maximum absolute atomic E-state index is 9.42. The largest absolute Gasteiger partial charge is 0.508 e. The van der Waals surface area contributed by atoms with Crippen LogP contribution in [0.4, 0.5) is 0 Å². The highest BCUT2D eigenvalue weighted by Crippen LogP contribution is 2.17. The van der Waals surface area contributed by atoms with Crippen molar-refractivity contribution >= 4 is 18.4 Å². The maximum Gasteiger partial charge on any atom is 0.198 e. The molecular weight excluding hydrogens is 282 g/mol. The van der Waals surface area contributed by atoms with Crippen molar-refractivity contribution in [1.82, 2.24) is 9.66 Å². The number of nitrogens with one attached hydrogen (secondary N) is 1. The first-order valence-corrected chi connectivity index (χ1v) is 6.84. The van der Waals surface area contributed by atoms with Gasteiger partial charge in [0.2, 0.25) is 0 Å². The van der Waals surface area contributed by atoms with Crippen molar-refractivity contribution in [3.63, 3.8) is 0 Å². The Hall–Kier alpha value is -2.66. The third-order valence-electron chi connectivity index (χ3n) is 2.99. The first-order valence-electron chi connectivity index (χ1n) is 6.43. The Bertz CT molecular complexity index is 834. The highest BCUT2D eigenvalue weighted by atomic mass is 32.1. The molecule has 4 nitrogen and oxygen atoms in total. The van der Waals surface area contributed by atoms with Gasteiger partial charge in [-0.1, -0.05) is 42.5 Å². The van der Waals surface area contributed by atoms with Crippen molar-refractivity contribution in [2.45, 2.75) is 0 Å². The molecule has 0 aliphatic rings. The van der Waals surface area contributed by atoms with Crippen LogP contribution in [0.25, 0.3) is 11.3 Å². The summed E-state index contributed by atoms with van der Waals surface area (Å²) in [5.74, 6) is 0.210. The van der Waals surface area contributed by atoms with Gasteiger partial charge in [0.1, 0.15) is 5.75 Å². The third-order valence-corrected chi connectivity index (χ3v) is 3.28. The minimum absolute atomic E-state index is 0.210. The second kappa shape index (κ2) is 5.76. The van der Waals surface area contributed by atoms with Crippen LogP contribution in [0, 0.1) is 4.77 Å². The monoisotopic (exact) mass is 295 g/mol. The number of rotatable bonds is 3. The van der Waals surface area contributed by atoms with E-state index >= 15 is 0 Å². The second-order valence-corrected chi connectivity index (χ2v) is 4.91. The number of H-pyrrole nitrogens is 1. The first kappa shape index (κ1) is 13.3. The van der Waals surface area contributed by atoms with E-state index in [1.54, 1.807) is 29.1 Å². The lowest BCUT2D eigenvalue weighted by atomic mass is 10.2. The smallest absolute Gasteiger partial charge is 0.198 e. The summed E-state index contributed by atoms with van der Waals surface area (Å²) in [6.45, 7) is 0. The van der Waals surface area contributed by atoms with E-state index in [0.717, 1.165) is 16.8 Å². The lowest BCUT2D eigenvalue weighted by Crippen LogP contribution is -1.88. The number of benzene rings is 2. The molecule has 2 aromatic carbocycles. The van der Waals surface area contributed by atoms with Gasteiger partial charge in [0, 0.05) is 0 Å². The van der Waals surface area contributed by atoms with E-state index in [-0.39, 0.29) is 5.75 Å². The van der Waals surface area contributed by atoms with Crippen LogP contribution in [0.1, 0.15) is 5.56 Å². The molecule has 0 aliphatic heterocycles. The average Bonchev–Trinajstić information content (AvgIpc) is 2.87. The van der Waals surface area contributed by atoms with Crippen molar-refractivity contribution in [3.05, 3.63) is 71.1 Å². The molecule has 0 aliphatic carbocycles. The molecule has 0 saturated heterocycles. The summed E-state index contributed by atoms with van der Waals surface area (Å²) in [6, 6.07) is 16.8. The van der Waals surface area contributed by atoms with Crippen LogP contribution in [0.2, 0.25) is 0 Å². The molecule has 3 aromatic rings. The molecule has 0 spiro atoms. The Balaban J connectivity index is 1.90. The number of imidazole rings is 1. The molecule has 104 valence electrons. The van der Waals surface area contributed by atoms with E-state index in [2.05, 4.69) is 10.1 Å². The minimum Gasteiger partial charge on any atom is -0.508 e. The molecule has 0 unspecified atom stereocenters. The highest BCUT2D eigenvalue weighted by Gasteiger charge is 2.01. The van der Waals surface area contributed by atoms with Crippen LogP contribution in [-0.2, 0) is 0 Å². The van der Waals surface area contributed by atoms with E-state index in [1.165, 1.54) is 0 Å². The van der Waals surface area contributed by atoms with Gasteiger partial charge in [0.05, 0.1) is 18.1 Å². The van der Waals surface area contributed by atoms with Crippen LogP contribution in [0.3, 0.4) is 0 Å². The summed E-state index contributed by atoms with van der Waals surface area (Å²) in [6.07, 6.45) is 3.50. The van der Waals surface area contributed by atoms with Crippen molar-refractivity contribution in [3.8, 4) is 17.0 Å². The quantitative estimate of drug-likeness (QED) is 0.570. The minimum atomic E-state index is 0.210. The second-order valence-electron chi connectivity index (χ2n) is 4.52. The summed E-state index contributed by atoms with van der Waals surface area (Å²) in [5.41, 5.74) is 2.77. The molecule has 2 N–H and O–H groups in total. The van der Waals surface area contributed by atoms with Gasteiger partial charge in [-0.3, -0.25) is 0 Å². The predicted molar refractivity (Wildman–Crippen MR) is 86.2 cm³/mol. The number of aromatic hydroxyl groups is 1. The Morgan fingerprint density at radius 3 is 2.67 bits per heavy atom. The molecule has 1 aromatic heterocycles. The van der Waals surface area contributed by atoms with E-state index in [4.69, 9.17) is 12.2 Å². The first-order chi connectivity index (χ1) is 10.2. The molecule has 0 atom stereocenters. The number of phenolic OH excluding ortho intramolecular Hbond substituents is 1. The van der Waals surface area contributed by atoms with Crippen molar-refractivity contribution in [1.29, 1.82) is 0 Å².